The molecule has 0 aliphatic carbocycles. The molecule has 88 valence electrons. The van der Waals surface area contributed by atoms with Crippen LogP contribution in [0, 0.1) is 0 Å². The number of anilines is 1. The predicted molar refractivity (Wildman–Crippen MR) is 69.4 cm³/mol. The molecular weight excluding hydrogens is 234 g/mol. The maximum atomic E-state index is 11.2. The van der Waals surface area contributed by atoms with Crippen LogP contribution in [0.1, 0.15) is 15.9 Å². The molecular formula is C13H13NO2S. The van der Waals surface area contributed by atoms with Crippen LogP contribution >= 0.6 is 11.3 Å². The van der Waals surface area contributed by atoms with Crippen LogP contribution in [0.3, 0.4) is 0 Å². The van der Waals surface area contributed by atoms with Gasteiger partial charge >= 0.3 is 5.97 Å². The number of methoxy groups -OCH3 is 1. The largest absolute Gasteiger partial charge is 0.465 e. The summed E-state index contributed by atoms with van der Waals surface area (Å²) in [6.07, 6.45) is 0. The first-order chi connectivity index (χ1) is 8.29. The number of nitrogens with one attached hydrogen (secondary N) is 1. The third-order valence-corrected chi connectivity index (χ3v) is 3.11. The van der Waals surface area contributed by atoms with Crippen LogP contribution in [0.2, 0.25) is 0 Å². The molecule has 0 bridgehead atoms. The fraction of sp³-hybridized carbons (Fsp3) is 0.154. The third-order valence-electron chi connectivity index (χ3n) is 2.38. The summed E-state index contributed by atoms with van der Waals surface area (Å²) in [5, 5.41) is 7.45. The van der Waals surface area contributed by atoms with Crippen molar-refractivity contribution in [2.45, 2.75) is 6.54 Å². The van der Waals surface area contributed by atoms with Crippen LogP contribution in [-0.4, -0.2) is 13.1 Å². The molecule has 0 fully saturated rings. The first-order valence-corrected chi connectivity index (χ1v) is 6.17. The molecule has 0 radical (unpaired) electrons. The number of benzene rings is 1. The molecule has 0 amide bonds. The van der Waals surface area contributed by atoms with Crippen LogP contribution in [0.15, 0.2) is 41.1 Å². The predicted octanol–water partition coefficient (Wildman–Crippen LogP) is 3.15. The minimum Gasteiger partial charge on any atom is -0.465 e. The Hall–Kier alpha value is -1.81. The highest BCUT2D eigenvalue weighted by molar-refractivity contribution is 7.07. The van der Waals surface area contributed by atoms with Crippen molar-refractivity contribution in [1.82, 2.24) is 0 Å². The van der Waals surface area contributed by atoms with Gasteiger partial charge in [0.15, 0.2) is 0 Å². The van der Waals surface area contributed by atoms with E-state index in [4.69, 9.17) is 0 Å². The van der Waals surface area contributed by atoms with Crippen molar-refractivity contribution in [1.29, 1.82) is 0 Å². The van der Waals surface area contributed by atoms with Crippen LogP contribution in [0.5, 0.6) is 0 Å². The van der Waals surface area contributed by atoms with Crippen molar-refractivity contribution in [2.75, 3.05) is 12.4 Å². The average molecular weight is 247 g/mol. The minimum absolute atomic E-state index is 0.311. The van der Waals surface area contributed by atoms with Crippen molar-refractivity contribution in [2.24, 2.45) is 0 Å². The van der Waals surface area contributed by atoms with Gasteiger partial charge in [-0.15, -0.1) is 0 Å². The van der Waals surface area contributed by atoms with E-state index in [0.717, 1.165) is 12.2 Å². The van der Waals surface area contributed by atoms with Gasteiger partial charge in [-0.25, -0.2) is 4.79 Å². The van der Waals surface area contributed by atoms with Crippen molar-refractivity contribution in [3.63, 3.8) is 0 Å². The zero-order valence-corrected chi connectivity index (χ0v) is 10.3. The van der Waals surface area contributed by atoms with Gasteiger partial charge in [0.25, 0.3) is 0 Å². The number of rotatable bonds is 4. The van der Waals surface area contributed by atoms with E-state index in [1.807, 2.05) is 12.1 Å². The summed E-state index contributed by atoms with van der Waals surface area (Å²) in [4.78, 5) is 11.2. The monoisotopic (exact) mass is 247 g/mol. The smallest absolute Gasteiger partial charge is 0.337 e. The molecule has 2 aromatic rings. The summed E-state index contributed by atoms with van der Waals surface area (Å²) in [6.45, 7) is 0.793. The number of thiophene rings is 1. The highest BCUT2D eigenvalue weighted by Gasteiger charge is 2.03. The van der Waals surface area contributed by atoms with Gasteiger partial charge in [0.05, 0.1) is 12.7 Å². The molecule has 0 spiro atoms. The molecule has 3 nitrogen and oxygen atoms in total. The summed E-state index contributed by atoms with van der Waals surface area (Å²) < 4.78 is 4.64. The van der Waals surface area contributed by atoms with Crippen LogP contribution < -0.4 is 5.32 Å². The molecule has 2 rings (SSSR count). The maximum Gasteiger partial charge on any atom is 0.337 e. The molecule has 1 aromatic heterocycles. The van der Waals surface area contributed by atoms with Gasteiger partial charge in [-0.05, 0) is 46.7 Å². The Labute approximate surface area is 104 Å². The molecule has 1 aromatic carbocycles. The number of hydrogen-bond donors (Lipinski definition) is 1. The lowest BCUT2D eigenvalue weighted by atomic mass is 10.2. The van der Waals surface area contributed by atoms with Crippen molar-refractivity contribution in [3.8, 4) is 0 Å². The first kappa shape index (κ1) is 11.7. The fourth-order valence-electron chi connectivity index (χ4n) is 1.44. The summed E-state index contributed by atoms with van der Waals surface area (Å²) >= 11 is 1.68. The molecule has 17 heavy (non-hydrogen) atoms. The SMILES string of the molecule is COC(=O)c1ccc(NCc2ccsc2)cc1. The van der Waals surface area contributed by atoms with Gasteiger partial charge < -0.3 is 10.1 Å². The highest BCUT2D eigenvalue weighted by atomic mass is 32.1. The van der Waals surface area contributed by atoms with Gasteiger partial charge in [-0.2, -0.15) is 11.3 Å². The Morgan fingerprint density at radius 3 is 2.65 bits per heavy atom. The van der Waals surface area contributed by atoms with Gasteiger partial charge in [0.2, 0.25) is 0 Å². The fourth-order valence-corrected chi connectivity index (χ4v) is 2.11. The normalized spacial score (nSPS) is 9.94. The maximum absolute atomic E-state index is 11.2. The Morgan fingerprint density at radius 1 is 1.29 bits per heavy atom. The summed E-state index contributed by atoms with van der Waals surface area (Å²) in [5.74, 6) is -0.311. The van der Waals surface area contributed by atoms with Gasteiger partial charge in [0, 0.05) is 12.2 Å². The Kier molecular flexibility index (Phi) is 3.77. The Morgan fingerprint density at radius 2 is 2.06 bits per heavy atom. The van der Waals surface area contributed by atoms with Crippen molar-refractivity contribution < 1.29 is 9.53 Å². The molecule has 0 aliphatic rings. The molecule has 1 N–H and O–H groups in total. The number of esters is 1. The lowest BCUT2D eigenvalue weighted by Crippen LogP contribution is -2.02. The van der Waals surface area contributed by atoms with E-state index in [1.54, 1.807) is 23.5 Å². The number of hydrogen-bond acceptors (Lipinski definition) is 4. The van der Waals surface area contributed by atoms with E-state index < -0.39 is 0 Å². The molecule has 0 atom stereocenters. The van der Waals surface area contributed by atoms with Crippen LogP contribution in [0.4, 0.5) is 5.69 Å². The second-order valence-electron chi connectivity index (χ2n) is 3.55. The summed E-state index contributed by atoms with van der Waals surface area (Å²) in [6, 6.07) is 9.33. The standard InChI is InChI=1S/C13H13NO2S/c1-16-13(15)11-2-4-12(5-3-11)14-8-10-6-7-17-9-10/h2-7,9,14H,8H2,1H3. The number of carbonyl (C=O) groups is 1. The topological polar surface area (TPSA) is 38.3 Å². The van der Waals surface area contributed by atoms with Gasteiger partial charge in [0.1, 0.15) is 0 Å². The van der Waals surface area contributed by atoms with Gasteiger partial charge in [-0.1, -0.05) is 0 Å². The molecule has 0 saturated carbocycles. The second kappa shape index (κ2) is 5.50. The first-order valence-electron chi connectivity index (χ1n) is 5.23. The Balaban J connectivity index is 1.96. The van der Waals surface area contributed by atoms with Gasteiger partial charge in [-0.3, -0.25) is 0 Å². The molecule has 1 heterocycles. The average Bonchev–Trinajstić information content (AvgIpc) is 2.89. The number of carbonyl (C=O) groups excluding carboxylic acids is 1. The zero-order chi connectivity index (χ0) is 12.1. The van der Waals surface area contributed by atoms with E-state index in [9.17, 15) is 4.79 Å². The summed E-state index contributed by atoms with van der Waals surface area (Å²) in [5.41, 5.74) is 2.81. The lowest BCUT2D eigenvalue weighted by molar-refractivity contribution is 0.0601. The Bertz CT molecular complexity index is 477. The van der Waals surface area contributed by atoms with E-state index in [1.165, 1.54) is 12.7 Å². The van der Waals surface area contributed by atoms with E-state index >= 15 is 0 Å². The number of ether oxygens (including phenoxy) is 1. The zero-order valence-electron chi connectivity index (χ0n) is 9.47. The van der Waals surface area contributed by atoms with Crippen LogP contribution in [-0.2, 0) is 11.3 Å². The molecule has 0 aliphatic heterocycles. The molecule has 0 saturated heterocycles. The highest BCUT2D eigenvalue weighted by Crippen LogP contribution is 2.13. The second-order valence-corrected chi connectivity index (χ2v) is 4.33. The molecule has 0 unspecified atom stereocenters. The van der Waals surface area contributed by atoms with E-state index in [0.29, 0.717) is 5.56 Å². The third kappa shape index (κ3) is 3.07. The van der Waals surface area contributed by atoms with Crippen molar-refractivity contribution in [3.05, 3.63) is 52.2 Å². The molecule has 4 heteroatoms. The van der Waals surface area contributed by atoms with E-state index in [-0.39, 0.29) is 5.97 Å². The minimum atomic E-state index is -0.311. The van der Waals surface area contributed by atoms with E-state index in [2.05, 4.69) is 26.9 Å². The van der Waals surface area contributed by atoms with Crippen LogP contribution in [0.25, 0.3) is 0 Å². The summed E-state index contributed by atoms with van der Waals surface area (Å²) in [7, 11) is 1.38. The lowest BCUT2D eigenvalue weighted by Gasteiger charge is -2.05. The quantitative estimate of drug-likeness (QED) is 0.843. The van der Waals surface area contributed by atoms with Crippen molar-refractivity contribution >= 4 is 23.0 Å².